The Morgan fingerprint density at radius 2 is 1.86 bits per heavy atom. The lowest BCUT2D eigenvalue weighted by atomic mass is 10.2. The molecule has 0 aliphatic rings. The van der Waals surface area contributed by atoms with Gasteiger partial charge in [-0.15, -0.1) is 0 Å². The van der Waals surface area contributed by atoms with Crippen LogP contribution in [0.15, 0.2) is 30.3 Å². The molecule has 0 aliphatic carbocycles. The summed E-state index contributed by atoms with van der Waals surface area (Å²) in [5.41, 5.74) is 8.70. The normalized spacial score (nSPS) is 10.9. The number of nitrogen functional groups attached to an aromatic ring is 1. The summed E-state index contributed by atoms with van der Waals surface area (Å²) in [5, 5.41) is 0. The minimum Gasteiger partial charge on any atom is -0.478 e. The van der Waals surface area contributed by atoms with E-state index < -0.39 is 0 Å². The number of anilines is 2. The Labute approximate surface area is 131 Å². The van der Waals surface area contributed by atoms with E-state index in [-0.39, 0.29) is 5.95 Å². The molecule has 5 heteroatoms. The first-order valence-corrected chi connectivity index (χ1v) is 7.31. The number of benzene rings is 1. The van der Waals surface area contributed by atoms with Crippen LogP contribution in [0.25, 0.3) is 12.2 Å². The van der Waals surface area contributed by atoms with Gasteiger partial charge < -0.3 is 15.4 Å². The lowest BCUT2D eigenvalue weighted by Crippen LogP contribution is -2.07. The first kappa shape index (κ1) is 15.8. The fourth-order valence-corrected chi connectivity index (χ4v) is 1.89. The molecule has 2 N–H and O–H groups in total. The monoisotopic (exact) mass is 298 g/mol. The molecule has 2 aromatic rings. The summed E-state index contributed by atoms with van der Waals surface area (Å²) in [6.07, 6.45) is 4.82. The van der Waals surface area contributed by atoms with E-state index in [2.05, 4.69) is 39.1 Å². The van der Waals surface area contributed by atoms with Gasteiger partial charge in [0, 0.05) is 25.8 Å². The molecule has 116 valence electrons. The van der Waals surface area contributed by atoms with Crippen molar-refractivity contribution in [2.75, 3.05) is 31.3 Å². The molecule has 0 atom stereocenters. The molecule has 0 unspecified atom stereocenters. The van der Waals surface area contributed by atoms with Crippen LogP contribution in [0, 0.1) is 0 Å². The number of rotatable bonds is 6. The first-order chi connectivity index (χ1) is 10.6. The van der Waals surface area contributed by atoms with Gasteiger partial charge in [0.05, 0.1) is 12.3 Å². The number of nitrogens with two attached hydrogens (primary N) is 1. The summed E-state index contributed by atoms with van der Waals surface area (Å²) in [5.74, 6) is 0.730. The molecular formula is C17H22N4O. The smallest absolute Gasteiger partial charge is 0.223 e. The van der Waals surface area contributed by atoms with Crippen LogP contribution in [0.3, 0.4) is 0 Å². The zero-order valence-electron chi connectivity index (χ0n) is 13.3. The van der Waals surface area contributed by atoms with E-state index in [1.165, 1.54) is 5.69 Å². The van der Waals surface area contributed by atoms with Crippen molar-refractivity contribution in [2.45, 2.75) is 13.3 Å². The van der Waals surface area contributed by atoms with Gasteiger partial charge in [0.15, 0.2) is 0 Å². The van der Waals surface area contributed by atoms with Crippen molar-refractivity contribution in [3.8, 4) is 5.88 Å². The zero-order valence-corrected chi connectivity index (χ0v) is 13.3. The standard InChI is InChI=1S/C17H22N4O/c1-4-11-22-16-12-14(19-17(18)20-16)8-5-13-6-9-15(10-7-13)21(2)3/h5-10,12H,4,11H2,1-3H3,(H2,18,19,20)/b8-5+. The fourth-order valence-electron chi connectivity index (χ4n) is 1.89. The van der Waals surface area contributed by atoms with Crippen molar-refractivity contribution in [3.05, 3.63) is 41.6 Å². The largest absolute Gasteiger partial charge is 0.478 e. The van der Waals surface area contributed by atoms with E-state index in [4.69, 9.17) is 10.5 Å². The molecule has 5 nitrogen and oxygen atoms in total. The topological polar surface area (TPSA) is 64.3 Å². The van der Waals surface area contributed by atoms with Crippen molar-refractivity contribution in [3.63, 3.8) is 0 Å². The second kappa shape index (κ2) is 7.45. The quantitative estimate of drug-likeness (QED) is 0.888. The Morgan fingerprint density at radius 1 is 1.14 bits per heavy atom. The van der Waals surface area contributed by atoms with Crippen LogP contribution in [0.2, 0.25) is 0 Å². The van der Waals surface area contributed by atoms with Gasteiger partial charge in [0.2, 0.25) is 11.8 Å². The van der Waals surface area contributed by atoms with Crippen molar-refractivity contribution >= 4 is 23.8 Å². The Balaban J connectivity index is 2.13. The highest BCUT2D eigenvalue weighted by Crippen LogP contribution is 2.16. The summed E-state index contributed by atoms with van der Waals surface area (Å²) in [6.45, 7) is 2.66. The Hall–Kier alpha value is -2.56. The summed E-state index contributed by atoms with van der Waals surface area (Å²) in [4.78, 5) is 10.3. The summed E-state index contributed by atoms with van der Waals surface area (Å²) >= 11 is 0. The molecule has 0 amide bonds. The third-order valence-electron chi connectivity index (χ3n) is 3.05. The average Bonchev–Trinajstić information content (AvgIpc) is 2.51. The minimum atomic E-state index is 0.219. The zero-order chi connectivity index (χ0) is 15.9. The Kier molecular flexibility index (Phi) is 5.36. The SMILES string of the molecule is CCCOc1cc(/C=C/c2ccc(N(C)C)cc2)nc(N)n1. The van der Waals surface area contributed by atoms with Crippen LogP contribution in [-0.4, -0.2) is 30.7 Å². The molecule has 2 rings (SSSR count). The van der Waals surface area contributed by atoms with Gasteiger partial charge >= 0.3 is 0 Å². The van der Waals surface area contributed by atoms with Crippen molar-refractivity contribution < 1.29 is 4.74 Å². The maximum atomic E-state index is 5.71. The number of aromatic nitrogens is 2. The van der Waals surface area contributed by atoms with Gasteiger partial charge in [0.25, 0.3) is 0 Å². The van der Waals surface area contributed by atoms with Gasteiger partial charge in [-0.25, -0.2) is 4.98 Å². The predicted molar refractivity (Wildman–Crippen MR) is 91.9 cm³/mol. The molecule has 22 heavy (non-hydrogen) atoms. The van der Waals surface area contributed by atoms with Gasteiger partial charge in [-0.1, -0.05) is 25.1 Å². The highest BCUT2D eigenvalue weighted by molar-refractivity contribution is 5.69. The van der Waals surface area contributed by atoms with E-state index >= 15 is 0 Å². The molecule has 0 fully saturated rings. The number of ether oxygens (including phenoxy) is 1. The minimum absolute atomic E-state index is 0.219. The number of hydrogen-bond donors (Lipinski definition) is 1. The van der Waals surface area contributed by atoms with Crippen LogP contribution >= 0.6 is 0 Å². The molecule has 0 spiro atoms. The maximum absolute atomic E-state index is 5.71. The molecular weight excluding hydrogens is 276 g/mol. The second-order valence-corrected chi connectivity index (χ2v) is 5.16. The highest BCUT2D eigenvalue weighted by Gasteiger charge is 2.01. The van der Waals surface area contributed by atoms with Crippen molar-refractivity contribution in [2.24, 2.45) is 0 Å². The summed E-state index contributed by atoms with van der Waals surface area (Å²) in [7, 11) is 4.04. The van der Waals surface area contributed by atoms with Gasteiger partial charge in [-0.05, 0) is 30.2 Å². The first-order valence-electron chi connectivity index (χ1n) is 7.31. The van der Waals surface area contributed by atoms with Gasteiger partial charge in [-0.3, -0.25) is 0 Å². The molecule has 0 radical (unpaired) electrons. The molecule has 0 bridgehead atoms. The summed E-state index contributed by atoms with van der Waals surface area (Å²) in [6, 6.07) is 10.1. The molecule has 0 saturated carbocycles. The lowest BCUT2D eigenvalue weighted by molar-refractivity contribution is 0.305. The van der Waals surface area contributed by atoms with E-state index in [0.29, 0.717) is 12.5 Å². The third-order valence-corrected chi connectivity index (χ3v) is 3.05. The lowest BCUT2D eigenvalue weighted by Gasteiger charge is -2.11. The molecule has 1 heterocycles. The summed E-state index contributed by atoms with van der Waals surface area (Å²) < 4.78 is 5.50. The molecule has 1 aromatic heterocycles. The van der Waals surface area contributed by atoms with E-state index in [1.807, 2.05) is 33.2 Å². The fraction of sp³-hybridized carbons (Fsp3) is 0.294. The molecule has 0 aliphatic heterocycles. The second-order valence-electron chi connectivity index (χ2n) is 5.16. The van der Waals surface area contributed by atoms with E-state index in [0.717, 1.165) is 17.7 Å². The van der Waals surface area contributed by atoms with Crippen LogP contribution in [0.4, 0.5) is 11.6 Å². The van der Waals surface area contributed by atoms with Gasteiger partial charge in [-0.2, -0.15) is 4.98 Å². The van der Waals surface area contributed by atoms with Crippen LogP contribution in [0.1, 0.15) is 24.6 Å². The van der Waals surface area contributed by atoms with E-state index in [1.54, 1.807) is 6.07 Å². The Morgan fingerprint density at radius 3 is 2.50 bits per heavy atom. The van der Waals surface area contributed by atoms with Crippen LogP contribution in [-0.2, 0) is 0 Å². The molecule has 0 saturated heterocycles. The molecule has 1 aromatic carbocycles. The van der Waals surface area contributed by atoms with Gasteiger partial charge in [0.1, 0.15) is 0 Å². The number of nitrogens with zero attached hydrogens (tertiary/aromatic N) is 3. The third kappa shape index (κ3) is 4.48. The maximum Gasteiger partial charge on any atom is 0.223 e. The van der Waals surface area contributed by atoms with Crippen molar-refractivity contribution in [1.82, 2.24) is 9.97 Å². The van der Waals surface area contributed by atoms with Crippen LogP contribution < -0.4 is 15.4 Å². The predicted octanol–water partition coefficient (Wildman–Crippen LogP) is 3.08. The van der Waals surface area contributed by atoms with Crippen LogP contribution in [0.5, 0.6) is 5.88 Å². The van der Waals surface area contributed by atoms with Crippen molar-refractivity contribution in [1.29, 1.82) is 0 Å². The number of hydrogen-bond acceptors (Lipinski definition) is 5. The highest BCUT2D eigenvalue weighted by atomic mass is 16.5. The average molecular weight is 298 g/mol. The Bertz CT molecular complexity index is 636. The van der Waals surface area contributed by atoms with E-state index in [9.17, 15) is 0 Å².